The van der Waals surface area contributed by atoms with Gasteiger partial charge < -0.3 is 24.8 Å². The van der Waals surface area contributed by atoms with Crippen molar-refractivity contribution in [1.29, 1.82) is 0 Å². The molecule has 27 heavy (non-hydrogen) atoms. The van der Waals surface area contributed by atoms with Gasteiger partial charge in [-0.3, -0.25) is 0 Å². The summed E-state index contributed by atoms with van der Waals surface area (Å²) in [4.78, 5) is 0. The average molecular weight is 474 g/mol. The van der Waals surface area contributed by atoms with Crippen LogP contribution >= 0.6 is 0 Å². The van der Waals surface area contributed by atoms with Crippen molar-refractivity contribution in [1.82, 2.24) is 0 Å². The summed E-state index contributed by atoms with van der Waals surface area (Å²) in [6, 6.07) is 16.2. The van der Waals surface area contributed by atoms with Gasteiger partial charge in [0.2, 0.25) is 0 Å². The van der Waals surface area contributed by atoms with E-state index in [-0.39, 0.29) is 24.8 Å². The topological polar surface area (TPSA) is 0 Å². The van der Waals surface area contributed by atoms with Crippen LogP contribution in [-0.4, -0.2) is 0 Å². The summed E-state index contributed by atoms with van der Waals surface area (Å²) < 4.78 is 1.61. The molecule has 0 spiro atoms. The SMILES string of the molecule is [Cl-].[Cl-].[Zr+2][C]1=C(c2cccc3c2C(C2CCCCC2)c2ccccc2-3)C=CC1. The van der Waals surface area contributed by atoms with Gasteiger partial charge in [-0.05, 0) is 0 Å². The summed E-state index contributed by atoms with van der Waals surface area (Å²) in [5, 5.41) is 0. The van der Waals surface area contributed by atoms with Crippen LogP contribution in [0.2, 0.25) is 0 Å². The molecule has 1 fully saturated rings. The number of hydrogen-bond acceptors (Lipinski definition) is 0. The maximum atomic E-state index is 2.40. The Morgan fingerprint density at radius 1 is 0.778 bits per heavy atom. The second-order valence-electron chi connectivity index (χ2n) is 7.73. The zero-order valence-corrected chi connectivity index (χ0v) is 19.3. The van der Waals surface area contributed by atoms with Gasteiger partial charge in [-0.15, -0.1) is 0 Å². The van der Waals surface area contributed by atoms with Gasteiger partial charge >= 0.3 is 166 Å². The van der Waals surface area contributed by atoms with E-state index in [0.717, 1.165) is 12.3 Å². The van der Waals surface area contributed by atoms with Gasteiger partial charge in [-0.1, -0.05) is 0 Å². The molecule has 137 valence electrons. The molecule has 0 saturated heterocycles. The second kappa shape index (κ2) is 8.81. The first-order valence-electron chi connectivity index (χ1n) is 9.68. The van der Waals surface area contributed by atoms with Gasteiger partial charge in [0.1, 0.15) is 0 Å². The minimum absolute atomic E-state index is 0. The summed E-state index contributed by atoms with van der Waals surface area (Å²) >= 11 is 1.57. The number of benzene rings is 2. The normalized spacial score (nSPS) is 20.7. The number of rotatable bonds is 2. The summed E-state index contributed by atoms with van der Waals surface area (Å²) in [6.07, 6.45) is 12.9. The summed E-state index contributed by atoms with van der Waals surface area (Å²) in [5.41, 5.74) is 9.25. The Hall–Kier alpha value is -0.617. The number of halogens is 2. The Morgan fingerprint density at radius 3 is 2.22 bits per heavy atom. The predicted octanol–water partition coefficient (Wildman–Crippen LogP) is 0.605. The maximum absolute atomic E-state index is 2.40. The Bertz CT molecular complexity index is 891. The van der Waals surface area contributed by atoms with E-state index in [4.69, 9.17) is 0 Å². The standard InChI is InChI=1S/C24H23.2ClH.Zr/c1-2-11-18(12-3-1)23-21-14-7-6-13-20(21)22-16-8-15-19(24(22)23)17-9-4-5-10-17;;;/h4,6-9,13-16,18,23H,1-3,5,11-12H2;2*1H;/q;;;+2/p-2. The Morgan fingerprint density at radius 2 is 1.48 bits per heavy atom. The number of hydrogen-bond donors (Lipinski definition) is 0. The fourth-order valence-corrected chi connectivity index (χ4v) is 6.08. The molecule has 2 aromatic carbocycles. The first kappa shape index (κ1) is 21.1. The van der Waals surface area contributed by atoms with E-state index in [0.29, 0.717) is 5.92 Å². The zero-order chi connectivity index (χ0) is 16.8. The molecule has 3 aliphatic rings. The predicted molar refractivity (Wildman–Crippen MR) is 101 cm³/mol. The third-order valence-corrected chi connectivity index (χ3v) is 7.51. The third-order valence-electron chi connectivity index (χ3n) is 6.35. The first-order valence-corrected chi connectivity index (χ1v) is 10.9. The van der Waals surface area contributed by atoms with Crippen LogP contribution in [0.4, 0.5) is 0 Å². The van der Waals surface area contributed by atoms with E-state index >= 15 is 0 Å². The van der Waals surface area contributed by atoms with Crippen LogP contribution in [0, 0.1) is 5.92 Å². The van der Waals surface area contributed by atoms with E-state index in [1.807, 2.05) is 0 Å². The van der Waals surface area contributed by atoms with Crippen molar-refractivity contribution in [3.8, 4) is 11.1 Å². The third kappa shape index (κ3) is 3.57. The molecule has 0 aliphatic heterocycles. The van der Waals surface area contributed by atoms with Crippen LogP contribution in [-0.2, 0) is 24.7 Å². The molecule has 3 aliphatic carbocycles. The molecule has 0 aromatic heterocycles. The van der Waals surface area contributed by atoms with Crippen molar-refractivity contribution in [3.63, 3.8) is 0 Å². The molecule has 0 N–H and O–H groups in total. The fraction of sp³-hybridized carbons (Fsp3) is 0.333. The van der Waals surface area contributed by atoms with Crippen molar-refractivity contribution in [2.24, 2.45) is 5.92 Å². The fourth-order valence-electron chi connectivity index (χ4n) is 5.25. The molecule has 1 saturated carbocycles. The van der Waals surface area contributed by atoms with E-state index in [2.05, 4.69) is 54.6 Å². The van der Waals surface area contributed by atoms with Crippen molar-refractivity contribution < 1.29 is 49.5 Å². The van der Waals surface area contributed by atoms with Crippen LogP contribution in [0.3, 0.4) is 0 Å². The van der Waals surface area contributed by atoms with Crippen molar-refractivity contribution in [2.45, 2.75) is 44.4 Å². The minimum atomic E-state index is 0. The van der Waals surface area contributed by atoms with E-state index in [1.54, 1.807) is 39.1 Å². The molecular formula is C24H23Cl2Zr. The summed E-state index contributed by atoms with van der Waals surface area (Å²) in [6.45, 7) is 0. The van der Waals surface area contributed by atoms with Crippen LogP contribution in [0.5, 0.6) is 0 Å². The molecule has 0 radical (unpaired) electrons. The second-order valence-corrected chi connectivity index (χ2v) is 9.21. The molecule has 1 atom stereocenters. The van der Waals surface area contributed by atoms with E-state index < -0.39 is 0 Å². The molecule has 0 heterocycles. The van der Waals surface area contributed by atoms with Crippen molar-refractivity contribution in [3.05, 3.63) is 74.6 Å². The first-order chi connectivity index (χ1) is 12.3. The van der Waals surface area contributed by atoms with Gasteiger partial charge in [0.15, 0.2) is 0 Å². The average Bonchev–Trinajstić information content (AvgIpc) is 3.23. The van der Waals surface area contributed by atoms with E-state index in [1.165, 1.54) is 54.4 Å². The van der Waals surface area contributed by atoms with Gasteiger partial charge in [0, 0.05) is 0 Å². The molecule has 0 nitrogen and oxygen atoms in total. The Kier molecular flexibility index (Phi) is 6.89. The molecule has 0 amide bonds. The zero-order valence-electron chi connectivity index (χ0n) is 15.3. The molecular weight excluding hydrogens is 450 g/mol. The van der Waals surface area contributed by atoms with Gasteiger partial charge in [0.25, 0.3) is 0 Å². The van der Waals surface area contributed by atoms with Crippen LogP contribution in [0.1, 0.15) is 61.1 Å². The number of fused-ring (bicyclic) bond motifs is 3. The molecule has 0 bridgehead atoms. The molecule has 1 unspecified atom stereocenters. The van der Waals surface area contributed by atoms with E-state index in [9.17, 15) is 0 Å². The van der Waals surface area contributed by atoms with Gasteiger partial charge in [-0.2, -0.15) is 0 Å². The molecule has 2 aromatic rings. The van der Waals surface area contributed by atoms with Gasteiger partial charge in [0.05, 0.1) is 0 Å². The number of allylic oxidation sites excluding steroid dienone is 4. The molecule has 5 rings (SSSR count). The Labute approximate surface area is 190 Å². The van der Waals surface area contributed by atoms with Crippen molar-refractivity contribution in [2.75, 3.05) is 0 Å². The van der Waals surface area contributed by atoms with Crippen LogP contribution in [0.15, 0.2) is 57.9 Å². The monoisotopic (exact) mass is 471 g/mol. The van der Waals surface area contributed by atoms with Crippen molar-refractivity contribution >= 4 is 5.57 Å². The Balaban J connectivity index is 0.00000105. The molecule has 3 heteroatoms. The van der Waals surface area contributed by atoms with Gasteiger partial charge in [-0.25, -0.2) is 0 Å². The van der Waals surface area contributed by atoms with Crippen LogP contribution in [0.25, 0.3) is 16.7 Å². The quantitative estimate of drug-likeness (QED) is 0.600. The van der Waals surface area contributed by atoms with Crippen LogP contribution < -0.4 is 24.8 Å². The summed E-state index contributed by atoms with van der Waals surface area (Å²) in [7, 11) is 0. The summed E-state index contributed by atoms with van der Waals surface area (Å²) in [5.74, 6) is 1.42.